The molecule has 3 heteroatoms. The zero-order chi connectivity index (χ0) is 15.2. The molecule has 0 N–H and O–H groups in total. The zero-order valence-corrected chi connectivity index (χ0v) is 13.7. The summed E-state index contributed by atoms with van der Waals surface area (Å²) in [6.45, 7) is 6.20. The van der Waals surface area contributed by atoms with Crippen molar-refractivity contribution in [1.82, 2.24) is 9.80 Å². The summed E-state index contributed by atoms with van der Waals surface area (Å²) in [5.41, 5.74) is 1.24. The maximum Gasteiger partial charge on any atom is 0.118 e. The van der Waals surface area contributed by atoms with Gasteiger partial charge < -0.3 is 4.74 Å². The number of benzene rings is 1. The first-order chi connectivity index (χ1) is 10.8. The smallest absolute Gasteiger partial charge is 0.118 e. The van der Waals surface area contributed by atoms with E-state index >= 15 is 0 Å². The fraction of sp³-hybridized carbons (Fsp3) is 0.579. The third-order valence-corrected chi connectivity index (χ3v) is 4.93. The summed E-state index contributed by atoms with van der Waals surface area (Å²) < 4.78 is 5.19. The lowest BCUT2D eigenvalue weighted by Gasteiger charge is -2.37. The Labute approximate surface area is 134 Å². The number of hydrogen-bond donors (Lipinski definition) is 0. The van der Waals surface area contributed by atoms with Gasteiger partial charge in [-0.3, -0.25) is 9.80 Å². The molecule has 0 spiro atoms. The van der Waals surface area contributed by atoms with E-state index in [2.05, 4.69) is 34.1 Å². The van der Waals surface area contributed by atoms with Gasteiger partial charge in [0.25, 0.3) is 0 Å². The Morgan fingerprint density at radius 1 is 1.09 bits per heavy atom. The van der Waals surface area contributed by atoms with Gasteiger partial charge in [-0.2, -0.15) is 0 Å². The van der Waals surface area contributed by atoms with Gasteiger partial charge in [0, 0.05) is 19.1 Å². The predicted molar refractivity (Wildman–Crippen MR) is 92.3 cm³/mol. The Balaban J connectivity index is 1.48. The van der Waals surface area contributed by atoms with Crippen LogP contribution in [0.5, 0.6) is 5.75 Å². The van der Waals surface area contributed by atoms with Gasteiger partial charge >= 0.3 is 0 Å². The molecule has 3 rings (SSSR count). The van der Waals surface area contributed by atoms with Gasteiger partial charge in [0.05, 0.1) is 7.11 Å². The van der Waals surface area contributed by atoms with Gasteiger partial charge in [-0.1, -0.05) is 24.3 Å². The molecule has 2 saturated heterocycles. The quantitative estimate of drug-likeness (QED) is 0.830. The molecule has 1 atom stereocenters. The lowest BCUT2D eigenvalue weighted by atomic mass is 10.0. The minimum absolute atomic E-state index is 0.797. The van der Waals surface area contributed by atoms with Crippen LogP contribution in [0, 0.1) is 0 Å². The summed E-state index contributed by atoms with van der Waals surface area (Å²) in [4.78, 5) is 5.31. The number of ether oxygens (including phenoxy) is 1. The van der Waals surface area contributed by atoms with Crippen LogP contribution in [0.3, 0.4) is 0 Å². The van der Waals surface area contributed by atoms with Crippen LogP contribution in [-0.4, -0.2) is 55.7 Å². The SMILES string of the molecule is COc1ccc(/C=C/CN2CCCC(N3CCCC3)C2)cc1. The molecule has 0 aromatic heterocycles. The second kappa shape index (κ2) is 7.80. The molecule has 0 bridgehead atoms. The largest absolute Gasteiger partial charge is 0.497 e. The van der Waals surface area contributed by atoms with E-state index in [0.717, 1.165) is 18.3 Å². The molecule has 2 heterocycles. The summed E-state index contributed by atoms with van der Waals surface area (Å²) in [7, 11) is 1.71. The van der Waals surface area contributed by atoms with Crippen LogP contribution in [0.4, 0.5) is 0 Å². The molecule has 1 aromatic rings. The van der Waals surface area contributed by atoms with Gasteiger partial charge in [-0.05, 0) is 63.0 Å². The maximum atomic E-state index is 5.19. The van der Waals surface area contributed by atoms with E-state index in [1.807, 2.05) is 12.1 Å². The first kappa shape index (κ1) is 15.6. The number of hydrogen-bond acceptors (Lipinski definition) is 3. The third-order valence-electron chi connectivity index (χ3n) is 4.93. The average Bonchev–Trinajstić information content (AvgIpc) is 3.10. The molecule has 0 amide bonds. The van der Waals surface area contributed by atoms with Crippen molar-refractivity contribution in [3.63, 3.8) is 0 Å². The van der Waals surface area contributed by atoms with E-state index in [4.69, 9.17) is 4.74 Å². The summed E-state index contributed by atoms with van der Waals surface area (Å²) in [6, 6.07) is 9.05. The number of rotatable bonds is 5. The highest BCUT2D eigenvalue weighted by molar-refractivity contribution is 5.50. The lowest BCUT2D eigenvalue weighted by Crippen LogP contribution is -2.46. The maximum absolute atomic E-state index is 5.19. The normalized spacial score (nSPS) is 24.1. The highest BCUT2D eigenvalue weighted by atomic mass is 16.5. The van der Waals surface area contributed by atoms with Crippen LogP contribution in [0.15, 0.2) is 30.3 Å². The molecule has 1 unspecified atom stereocenters. The van der Waals surface area contributed by atoms with Crippen molar-refractivity contribution >= 4 is 6.08 Å². The Morgan fingerprint density at radius 2 is 1.86 bits per heavy atom. The Morgan fingerprint density at radius 3 is 2.59 bits per heavy atom. The fourth-order valence-electron chi connectivity index (χ4n) is 3.65. The molecule has 0 aliphatic carbocycles. The van der Waals surface area contributed by atoms with Crippen molar-refractivity contribution in [3.05, 3.63) is 35.9 Å². The van der Waals surface area contributed by atoms with E-state index in [9.17, 15) is 0 Å². The average molecular weight is 300 g/mol. The van der Waals surface area contributed by atoms with Crippen molar-refractivity contribution in [2.75, 3.05) is 39.8 Å². The number of piperidine rings is 1. The van der Waals surface area contributed by atoms with Crippen molar-refractivity contribution < 1.29 is 4.74 Å². The van der Waals surface area contributed by atoms with E-state index in [1.165, 1.54) is 57.4 Å². The number of nitrogens with zero attached hydrogens (tertiary/aromatic N) is 2. The zero-order valence-electron chi connectivity index (χ0n) is 13.7. The molecule has 0 saturated carbocycles. The van der Waals surface area contributed by atoms with Crippen molar-refractivity contribution in [3.8, 4) is 5.75 Å². The van der Waals surface area contributed by atoms with Crippen molar-refractivity contribution in [2.45, 2.75) is 31.7 Å². The van der Waals surface area contributed by atoms with E-state index in [1.54, 1.807) is 7.11 Å². The molecule has 2 aliphatic rings. The Kier molecular flexibility index (Phi) is 5.52. The van der Waals surface area contributed by atoms with Gasteiger partial charge in [-0.25, -0.2) is 0 Å². The summed E-state index contributed by atoms with van der Waals surface area (Å²) in [6.07, 6.45) is 10.0. The van der Waals surface area contributed by atoms with Crippen molar-refractivity contribution in [1.29, 1.82) is 0 Å². The minimum Gasteiger partial charge on any atom is -0.497 e. The van der Waals surface area contributed by atoms with Gasteiger partial charge in [0.15, 0.2) is 0 Å². The molecule has 1 aromatic carbocycles. The van der Waals surface area contributed by atoms with E-state index < -0.39 is 0 Å². The highest BCUT2D eigenvalue weighted by Crippen LogP contribution is 2.20. The van der Waals surface area contributed by atoms with E-state index in [0.29, 0.717) is 0 Å². The predicted octanol–water partition coefficient (Wildman–Crippen LogP) is 3.27. The lowest BCUT2D eigenvalue weighted by molar-refractivity contribution is 0.124. The molecular weight excluding hydrogens is 272 g/mol. The molecule has 2 fully saturated rings. The molecule has 22 heavy (non-hydrogen) atoms. The topological polar surface area (TPSA) is 15.7 Å². The molecule has 3 nitrogen and oxygen atoms in total. The first-order valence-electron chi connectivity index (χ1n) is 8.62. The molecule has 120 valence electrons. The molecule has 2 aliphatic heterocycles. The van der Waals surface area contributed by atoms with Crippen molar-refractivity contribution in [2.24, 2.45) is 0 Å². The number of methoxy groups -OCH3 is 1. The Hall–Kier alpha value is -1.32. The van der Waals surface area contributed by atoms with Crippen LogP contribution in [0.25, 0.3) is 6.08 Å². The number of likely N-dealkylation sites (tertiary alicyclic amines) is 2. The minimum atomic E-state index is 0.797. The van der Waals surface area contributed by atoms with Gasteiger partial charge in [0.2, 0.25) is 0 Å². The van der Waals surface area contributed by atoms with Crippen LogP contribution < -0.4 is 4.74 Å². The standard InChI is InChI=1S/C19H28N2O/c1-22-19-10-8-17(9-11-19)6-4-12-20-13-5-7-18(16-20)21-14-2-3-15-21/h4,6,8-11,18H,2-3,5,7,12-16H2,1H3/b6-4+. The van der Waals surface area contributed by atoms with Crippen LogP contribution in [-0.2, 0) is 0 Å². The highest BCUT2D eigenvalue weighted by Gasteiger charge is 2.26. The summed E-state index contributed by atoms with van der Waals surface area (Å²) in [5, 5.41) is 0. The summed E-state index contributed by atoms with van der Waals surface area (Å²) in [5.74, 6) is 0.918. The fourth-order valence-corrected chi connectivity index (χ4v) is 3.65. The molecule has 0 radical (unpaired) electrons. The molecular formula is C19H28N2O. The van der Waals surface area contributed by atoms with Gasteiger partial charge in [0.1, 0.15) is 5.75 Å². The van der Waals surface area contributed by atoms with Crippen LogP contribution in [0.2, 0.25) is 0 Å². The van der Waals surface area contributed by atoms with Crippen LogP contribution >= 0.6 is 0 Å². The second-order valence-corrected chi connectivity index (χ2v) is 6.47. The van der Waals surface area contributed by atoms with Crippen LogP contribution in [0.1, 0.15) is 31.2 Å². The Bertz CT molecular complexity index is 477. The first-order valence-corrected chi connectivity index (χ1v) is 8.62. The van der Waals surface area contributed by atoms with Gasteiger partial charge in [-0.15, -0.1) is 0 Å². The second-order valence-electron chi connectivity index (χ2n) is 6.47. The third kappa shape index (κ3) is 4.11. The van der Waals surface area contributed by atoms with E-state index in [-0.39, 0.29) is 0 Å². The summed E-state index contributed by atoms with van der Waals surface area (Å²) >= 11 is 0. The monoisotopic (exact) mass is 300 g/mol.